The van der Waals surface area contributed by atoms with Gasteiger partial charge >= 0.3 is 6.09 Å². The molecule has 0 fully saturated rings. The molecule has 2 aromatic rings. The molecule has 0 saturated heterocycles. The molecule has 0 heterocycles. The van der Waals surface area contributed by atoms with Crippen molar-refractivity contribution < 1.29 is 19.1 Å². The Balaban J connectivity index is 1.79. The largest absolute Gasteiger partial charge is 0.444 e. The Labute approximate surface area is 181 Å². The van der Waals surface area contributed by atoms with Crippen molar-refractivity contribution in [2.24, 2.45) is 0 Å². The summed E-state index contributed by atoms with van der Waals surface area (Å²) in [6.45, 7) is 5.30. The van der Waals surface area contributed by atoms with Crippen molar-refractivity contribution in [2.75, 3.05) is 11.9 Å². The summed E-state index contributed by atoms with van der Waals surface area (Å²) in [5.74, 6) is -0.502. The van der Waals surface area contributed by atoms with Crippen molar-refractivity contribution in [1.82, 2.24) is 10.6 Å². The van der Waals surface area contributed by atoms with E-state index >= 15 is 0 Å². The number of carbonyl (C=O) groups excluding carboxylic acids is 3. The minimum atomic E-state index is -0.650. The lowest BCUT2D eigenvalue weighted by atomic mass is 10.1. The molecule has 0 unspecified atom stereocenters. The molecule has 0 bridgehead atoms. The summed E-state index contributed by atoms with van der Waals surface area (Å²) in [7, 11) is 0. The highest BCUT2D eigenvalue weighted by atomic mass is 35.5. The summed E-state index contributed by atoms with van der Waals surface area (Å²) in [6.07, 6.45) is -0.419. The second kappa shape index (κ2) is 10.6. The Morgan fingerprint density at radius 1 is 0.933 bits per heavy atom. The normalized spacial score (nSPS) is 10.8. The van der Waals surface area contributed by atoms with Gasteiger partial charge in [-0.05, 0) is 56.2 Å². The molecule has 0 aliphatic heterocycles. The lowest BCUT2D eigenvalue weighted by Crippen LogP contribution is -2.39. The molecule has 2 aromatic carbocycles. The number of rotatable bonds is 7. The quantitative estimate of drug-likeness (QED) is 0.623. The molecule has 8 heteroatoms. The molecular formula is C22H26ClN3O4. The predicted molar refractivity (Wildman–Crippen MR) is 116 cm³/mol. The van der Waals surface area contributed by atoms with Crippen LogP contribution in [0.4, 0.5) is 10.5 Å². The summed E-state index contributed by atoms with van der Waals surface area (Å²) in [5, 5.41) is 8.57. The van der Waals surface area contributed by atoms with Crippen LogP contribution in [0.1, 0.15) is 31.9 Å². The van der Waals surface area contributed by atoms with Crippen LogP contribution in [0.3, 0.4) is 0 Å². The summed E-state index contributed by atoms with van der Waals surface area (Å²) in [5.41, 5.74) is 1.68. The van der Waals surface area contributed by atoms with E-state index in [9.17, 15) is 14.4 Å². The van der Waals surface area contributed by atoms with Gasteiger partial charge in [-0.1, -0.05) is 35.9 Å². The Bertz CT molecular complexity index is 892. The van der Waals surface area contributed by atoms with E-state index in [0.717, 1.165) is 11.1 Å². The zero-order valence-electron chi connectivity index (χ0n) is 17.3. The standard InChI is InChI=1S/C22H26ClN3O4/c1-22(2,3)30-21(29)25-14-20(28)24-13-16-5-4-6-18(11-16)26-19(27)12-15-7-9-17(23)10-8-15/h4-11H,12-14H2,1-3H3,(H,24,28)(H,25,29)(H,26,27). The second-order valence-electron chi connectivity index (χ2n) is 7.68. The van der Waals surface area contributed by atoms with Crippen LogP contribution in [0.25, 0.3) is 0 Å². The first kappa shape index (κ1) is 23.2. The highest BCUT2D eigenvalue weighted by molar-refractivity contribution is 6.30. The van der Waals surface area contributed by atoms with Gasteiger partial charge in [-0.25, -0.2) is 4.79 Å². The number of nitrogens with one attached hydrogen (secondary N) is 3. The number of hydrogen-bond acceptors (Lipinski definition) is 4. The molecule has 0 spiro atoms. The maximum absolute atomic E-state index is 12.2. The van der Waals surface area contributed by atoms with Gasteiger partial charge in [0, 0.05) is 17.3 Å². The zero-order chi connectivity index (χ0) is 22.1. The van der Waals surface area contributed by atoms with E-state index in [-0.39, 0.29) is 31.3 Å². The van der Waals surface area contributed by atoms with Gasteiger partial charge in [0.25, 0.3) is 0 Å². The minimum Gasteiger partial charge on any atom is -0.444 e. The maximum Gasteiger partial charge on any atom is 0.408 e. The van der Waals surface area contributed by atoms with Crippen LogP contribution >= 0.6 is 11.6 Å². The molecule has 2 rings (SSSR count). The van der Waals surface area contributed by atoms with Gasteiger partial charge < -0.3 is 20.7 Å². The number of carbonyl (C=O) groups is 3. The molecule has 0 radical (unpaired) electrons. The number of benzene rings is 2. The number of halogens is 1. The fraction of sp³-hybridized carbons (Fsp3) is 0.318. The third-order valence-electron chi connectivity index (χ3n) is 3.77. The van der Waals surface area contributed by atoms with Crippen LogP contribution in [-0.4, -0.2) is 30.1 Å². The number of ether oxygens (including phenoxy) is 1. The molecule has 0 saturated carbocycles. The monoisotopic (exact) mass is 431 g/mol. The maximum atomic E-state index is 12.2. The van der Waals surface area contributed by atoms with Crippen molar-refractivity contribution in [3.05, 3.63) is 64.7 Å². The Morgan fingerprint density at radius 3 is 2.30 bits per heavy atom. The van der Waals surface area contributed by atoms with Crippen molar-refractivity contribution in [1.29, 1.82) is 0 Å². The molecule has 0 aliphatic carbocycles. The van der Waals surface area contributed by atoms with Crippen molar-refractivity contribution in [3.63, 3.8) is 0 Å². The first-order valence-electron chi connectivity index (χ1n) is 9.47. The SMILES string of the molecule is CC(C)(C)OC(=O)NCC(=O)NCc1cccc(NC(=O)Cc2ccc(Cl)cc2)c1. The lowest BCUT2D eigenvalue weighted by Gasteiger charge is -2.19. The Kier molecular flexibility index (Phi) is 8.24. The van der Waals surface area contributed by atoms with Crippen molar-refractivity contribution in [3.8, 4) is 0 Å². The van der Waals surface area contributed by atoms with Crippen LogP contribution < -0.4 is 16.0 Å². The summed E-state index contributed by atoms with van der Waals surface area (Å²) in [6, 6.07) is 14.3. The number of alkyl carbamates (subject to hydrolysis) is 1. The summed E-state index contributed by atoms with van der Waals surface area (Å²) >= 11 is 5.85. The van der Waals surface area contributed by atoms with E-state index in [4.69, 9.17) is 16.3 Å². The topological polar surface area (TPSA) is 96.5 Å². The summed E-state index contributed by atoms with van der Waals surface area (Å²) in [4.78, 5) is 35.7. The van der Waals surface area contributed by atoms with Gasteiger partial charge in [-0.2, -0.15) is 0 Å². The fourth-order valence-electron chi connectivity index (χ4n) is 2.48. The average molecular weight is 432 g/mol. The highest BCUT2D eigenvalue weighted by Crippen LogP contribution is 2.13. The van der Waals surface area contributed by atoms with Gasteiger partial charge in [-0.15, -0.1) is 0 Å². The molecule has 30 heavy (non-hydrogen) atoms. The molecule has 3 amide bonds. The smallest absolute Gasteiger partial charge is 0.408 e. The molecule has 3 N–H and O–H groups in total. The summed E-state index contributed by atoms with van der Waals surface area (Å²) < 4.78 is 5.08. The first-order chi connectivity index (χ1) is 14.1. The van der Waals surface area contributed by atoms with E-state index in [1.807, 2.05) is 6.07 Å². The molecule has 0 aliphatic rings. The van der Waals surface area contributed by atoms with Crippen molar-refractivity contribution in [2.45, 2.75) is 39.3 Å². The van der Waals surface area contributed by atoms with Gasteiger partial charge in [0.15, 0.2) is 0 Å². The highest BCUT2D eigenvalue weighted by Gasteiger charge is 2.16. The van der Waals surface area contributed by atoms with Crippen LogP contribution in [0.15, 0.2) is 48.5 Å². The van der Waals surface area contributed by atoms with Crippen molar-refractivity contribution >= 4 is 35.2 Å². The van der Waals surface area contributed by atoms with E-state index < -0.39 is 11.7 Å². The lowest BCUT2D eigenvalue weighted by molar-refractivity contribution is -0.120. The van der Waals surface area contributed by atoms with Crippen LogP contribution in [0.5, 0.6) is 0 Å². The van der Waals surface area contributed by atoms with Gasteiger partial charge in [0.2, 0.25) is 11.8 Å². The van der Waals surface area contributed by atoms with Gasteiger partial charge in [-0.3, -0.25) is 9.59 Å². The molecule has 7 nitrogen and oxygen atoms in total. The third kappa shape index (κ3) is 8.96. The van der Waals surface area contributed by atoms with Crippen LogP contribution in [0, 0.1) is 0 Å². The Hall–Kier alpha value is -3.06. The zero-order valence-corrected chi connectivity index (χ0v) is 18.0. The minimum absolute atomic E-state index is 0.153. The molecule has 0 aromatic heterocycles. The Morgan fingerprint density at radius 2 is 1.63 bits per heavy atom. The van der Waals surface area contributed by atoms with E-state index in [1.54, 1.807) is 63.2 Å². The number of hydrogen-bond donors (Lipinski definition) is 3. The average Bonchev–Trinajstić information content (AvgIpc) is 2.65. The van der Waals surface area contributed by atoms with Gasteiger partial charge in [0.1, 0.15) is 12.1 Å². The van der Waals surface area contributed by atoms with Crippen LogP contribution in [-0.2, 0) is 27.3 Å². The number of anilines is 1. The fourth-order valence-corrected chi connectivity index (χ4v) is 2.61. The second-order valence-corrected chi connectivity index (χ2v) is 8.12. The predicted octanol–water partition coefficient (Wildman–Crippen LogP) is 3.66. The first-order valence-corrected chi connectivity index (χ1v) is 9.85. The van der Waals surface area contributed by atoms with E-state index in [0.29, 0.717) is 10.7 Å². The van der Waals surface area contributed by atoms with E-state index in [1.165, 1.54) is 0 Å². The van der Waals surface area contributed by atoms with E-state index in [2.05, 4.69) is 16.0 Å². The number of amides is 3. The van der Waals surface area contributed by atoms with Crippen LogP contribution in [0.2, 0.25) is 5.02 Å². The molecule has 0 atom stereocenters. The molecular weight excluding hydrogens is 406 g/mol. The molecule has 160 valence electrons. The van der Waals surface area contributed by atoms with Gasteiger partial charge in [0.05, 0.1) is 6.42 Å². The third-order valence-corrected chi connectivity index (χ3v) is 4.02.